The van der Waals surface area contributed by atoms with E-state index in [1.165, 1.54) is 19.3 Å². The summed E-state index contributed by atoms with van der Waals surface area (Å²) >= 11 is 0. The van der Waals surface area contributed by atoms with Crippen molar-refractivity contribution < 1.29 is 18.7 Å². The molecule has 2 rings (SSSR count). The molecule has 0 aromatic rings. The maximum atomic E-state index is 11.9. The molecule has 0 unspecified atom stereocenters. The monoisotopic (exact) mass is 288 g/mol. The van der Waals surface area contributed by atoms with E-state index in [9.17, 15) is 9.18 Å². The zero-order valence-electron chi connectivity index (χ0n) is 12.0. The van der Waals surface area contributed by atoms with Gasteiger partial charge in [0.05, 0.1) is 13.2 Å². The van der Waals surface area contributed by atoms with Crippen molar-refractivity contribution in [2.45, 2.75) is 31.7 Å². The average Bonchev–Trinajstić information content (AvgIpc) is 2.52. The van der Waals surface area contributed by atoms with Crippen LogP contribution >= 0.6 is 0 Å². The second-order valence-electron chi connectivity index (χ2n) is 5.47. The molecule has 20 heavy (non-hydrogen) atoms. The summed E-state index contributed by atoms with van der Waals surface area (Å²) in [6.45, 7) is 3.38. The molecular formula is C14H25FN2O3. The van der Waals surface area contributed by atoms with Crippen LogP contribution in [0, 0.1) is 5.92 Å². The maximum Gasteiger partial charge on any atom is 0.407 e. The molecule has 2 fully saturated rings. The molecule has 5 nitrogen and oxygen atoms in total. The Kier molecular flexibility index (Phi) is 6.53. The summed E-state index contributed by atoms with van der Waals surface area (Å²) in [4.78, 5) is 13.9. The topological polar surface area (TPSA) is 50.8 Å². The Morgan fingerprint density at radius 2 is 2.05 bits per heavy atom. The number of amides is 1. The van der Waals surface area contributed by atoms with Gasteiger partial charge in [-0.3, -0.25) is 4.90 Å². The standard InChI is InChI=1S/C14H25FN2O3/c15-5-8-20-14(18)16-11-12-3-1-2-4-13(12)17-6-9-19-10-7-17/h12-13H,1-11H2,(H,16,18)/t12-,13-/m0/s1. The minimum atomic E-state index is -0.632. The number of alkyl halides is 1. The lowest BCUT2D eigenvalue weighted by molar-refractivity contribution is -0.00717. The van der Waals surface area contributed by atoms with Crippen LogP contribution in [0.25, 0.3) is 0 Å². The summed E-state index contributed by atoms with van der Waals surface area (Å²) in [5.41, 5.74) is 0. The van der Waals surface area contributed by atoms with Crippen molar-refractivity contribution in [3.05, 3.63) is 0 Å². The summed E-state index contributed by atoms with van der Waals surface area (Å²) < 4.78 is 22.0. The van der Waals surface area contributed by atoms with Crippen molar-refractivity contribution in [2.75, 3.05) is 46.1 Å². The third-order valence-corrected chi connectivity index (χ3v) is 4.20. The van der Waals surface area contributed by atoms with E-state index >= 15 is 0 Å². The summed E-state index contributed by atoms with van der Waals surface area (Å²) in [5, 5.41) is 2.77. The zero-order valence-corrected chi connectivity index (χ0v) is 12.0. The van der Waals surface area contributed by atoms with Crippen LogP contribution in [0.2, 0.25) is 0 Å². The number of halogens is 1. The third-order valence-electron chi connectivity index (χ3n) is 4.20. The Bertz CT molecular complexity index is 298. The van der Waals surface area contributed by atoms with Crippen LogP contribution in [-0.4, -0.2) is 63.2 Å². The molecule has 1 amide bonds. The molecule has 1 aliphatic carbocycles. The zero-order chi connectivity index (χ0) is 14.2. The first-order valence-corrected chi connectivity index (χ1v) is 7.59. The Morgan fingerprint density at radius 3 is 2.80 bits per heavy atom. The second kappa shape index (κ2) is 8.42. The van der Waals surface area contributed by atoms with E-state index < -0.39 is 12.8 Å². The van der Waals surface area contributed by atoms with Crippen LogP contribution in [-0.2, 0) is 9.47 Å². The van der Waals surface area contributed by atoms with E-state index in [0.29, 0.717) is 18.5 Å². The van der Waals surface area contributed by atoms with Crippen LogP contribution in [0.4, 0.5) is 9.18 Å². The second-order valence-corrected chi connectivity index (χ2v) is 5.47. The summed E-state index contributed by atoms with van der Waals surface area (Å²) in [6.07, 6.45) is 4.28. The van der Waals surface area contributed by atoms with Crippen molar-refractivity contribution in [1.29, 1.82) is 0 Å². The Balaban J connectivity index is 1.78. The molecule has 0 bridgehead atoms. The minimum absolute atomic E-state index is 0.163. The van der Waals surface area contributed by atoms with Crippen molar-refractivity contribution in [2.24, 2.45) is 5.92 Å². The van der Waals surface area contributed by atoms with Gasteiger partial charge in [0.1, 0.15) is 13.3 Å². The SMILES string of the molecule is O=C(NC[C@@H]1CCCC[C@@H]1N1CCOCC1)OCCF. The fourth-order valence-electron chi connectivity index (χ4n) is 3.21. The van der Waals surface area contributed by atoms with Crippen molar-refractivity contribution in [1.82, 2.24) is 10.2 Å². The lowest BCUT2D eigenvalue weighted by Crippen LogP contribution is -2.50. The number of ether oxygens (including phenoxy) is 2. The molecule has 1 saturated carbocycles. The number of nitrogens with one attached hydrogen (secondary N) is 1. The van der Waals surface area contributed by atoms with Crippen molar-refractivity contribution in [3.8, 4) is 0 Å². The molecule has 6 heteroatoms. The van der Waals surface area contributed by atoms with Crippen molar-refractivity contribution in [3.63, 3.8) is 0 Å². The van der Waals surface area contributed by atoms with E-state index in [4.69, 9.17) is 9.47 Å². The van der Waals surface area contributed by atoms with E-state index in [1.54, 1.807) is 0 Å². The quantitative estimate of drug-likeness (QED) is 0.834. The molecule has 1 aliphatic heterocycles. The summed E-state index contributed by atoms with van der Waals surface area (Å²) in [5.74, 6) is 0.458. The van der Waals surface area contributed by atoms with E-state index in [1.807, 2.05) is 0 Å². The minimum Gasteiger partial charge on any atom is -0.447 e. The Morgan fingerprint density at radius 1 is 1.30 bits per heavy atom. The number of hydrogen-bond donors (Lipinski definition) is 1. The number of nitrogens with zero attached hydrogens (tertiary/aromatic N) is 1. The molecule has 2 atom stereocenters. The number of hydrogen-bond acceptors (Lipinski definition) is 4. The number of carbonyl (C=O) groups is 1. The Hall–Kier alpha value is -0.880. The van der Waals surface area contributed by atoms with E-state index in [-0.39, 0.29) is 6.61 Å². The highest BCUT2D eigenvalue weighted by atomic mass is 19.1. The normalized spacial score (nSPS) is 28.1. The molecule has 2 aliphatic rings. The van der Waals surface area contributed by atoms with Gasteiger partial charge in [0.2, 0.25) is 0 Å². The predicted molar refractivity (Wildman–Crippen MR) is 73.5 cm³/mol. The molecule has 0 aromatic heterocycles. The van der Waals surface area contributed by atoms with Crippen molar-refractivity contribution >= 4 is 6.09 Å². The number of rotatable bonds is 5. The Labute approximate surface area is 119 Å². The van der Waals surface area contributed by atoms with Crippen LogP contribution in [0.3, 0.4) is 0 Å². The molecule has 1 heterocycles. The molecule has 0 spiro atoms. The average molecular weight is 288 g/mol. The lowest BCUT2D eigenvalue weighted by Gasteiger charge is -2.41. The van der Waals surface area contributed by atoms with E-state index in [0.717, 1.165) is 32.7 Å². The highest BCUT2D eigenvalue weighted by molar-refractivity contribution is 5.67. The number of carbonyl (C=O) groups excluding carboxylic acids is 1. The highest BCUT2D eigenvalue weighted by Crippen LogP contribution is 2.28. The highest BCUT2D eigenvalue weighted by Gasteiger charge is 2.31. The van der Waals surface area contributed by atoms with Gasteiger partial charge in [0.25, 0.3) is 0 Å². The third kappa shape index (κ3) is 4.59. The van der Waals surface area contributed by atoms with Crippen LogP contribution < -0.4 is 5.32 Å². The lowest BCUT2D eigenvalue weighted by atomic mass is 9.83. The molecule has 0 radical (unpaired) electrons. The van der Waals surface area contributed by atoms with Gasteiger partial charge >= 0.3 is 6.09 Å². The van der Waals surface area contributed by atoms with Gasteiger partial charge in [0.15, 0.2) is 0 Å². The van der Waals surface area contributed by atoms with Gasteiger partial charge < -0.3 is 14.8 Å². The molecule has 116 valence electrons. The maximum absolute atomic E-state index is 11.9. The van der Waals surface area contributed by atoms with Crippen LogP contribution in [0.5, 0.6) is 0 Å². The summed E-state index contributed by atoms with van der Waals surface area (Å²) in [7, 11) is 0. The van der Waals surface area contributed by atoms with Gasteiger partial charge in [-0.05, 0) is 18.8 Å². The fraction of sp³-hybridized carbons (Fsp3) is 0.929. The number of alkyl carbamates (subject to hydrolysis) is 1. The summed E-state index contributed by atoms with van der Waals surface area (Å²) in [6, 6.07) is 0.522. The van der Waals surface area contributed by atoms with Gasteiger partial charge in [-0.15, -0.1) is 0 Å². The largest absolute Gasteiger partial charge is 0.447 e. The van der Waals surface area contributed by atoms with Gasteiger partial charge in [-0.2, -0.15) is 0 Å². The predicted octanol–water partition coefficient (Wildman–Crippen LogP) is 1.57. The first kappa shape index (κ1) is 15.5. The number of morpholine rings is 1. The first-order chi connectivity index (χ1) is 9.81. The molecule has 1 N–H and O–H groups in total. The van der Waals surface area contributed by atoms with Crippen LogP contribution in [0.1, 0.15) is 25.7 Å². The fourth-order valence-corrected chi connectivity index (χ4v) is 3.21. The van der Waals surface area contributed by atoms with E-state index in [2.05, 4.69) is 10.2 Å². The van der Waals surface area contributed by atoms with Gasteiger partial charge in [0, 0.05) is 25.7 Å². The molecule has 1 saturated heterocycles. The van der Waals surface area contributed by atoms with Crippen LogP contribution in [0.15, 0.2) is 0 Å². The molecular weight excluding hydrogens is 263 g/mol. The molecule has 0 aromatic carbocycles. The smallest absolute Gasteiger partial charge is 0.407 e. The van der Waals surface area contributed by atoms with Gasteiger partial charge in [-0.1, -0.05) is 12.8 Å². The van der Waals surface area contributed by atoms with Gasteiger partial charge in [-0.25, -0.2) is 9.18 Å². The first-order valence-electron chi connectivity index (χ1n) is 7.59.